The van der Waals surface area contributed by atoms with Gasteiger partial charge in [0.15, 0.2) is 0 Å². The largest absolute Gasteiger partial charge is 0.465 e. The predicted octanol–water partition coefficient (Wildman–Crippen LogP) is 2.18. The summed E-state index contributed by atoms with van der Waals surface area (Å²) in [6, 6.07) is 0. The van der Waals surface area contributed by atoms with Crippen LogP contribution in [0.25, 0.3) is 0 Å². The lowest BCUT2D eigenvalue weighted by atomic mass is 9.88. The van der Waals surface area contributed by atoms with E-state index < -0.39 is 11.9 Å². The van der Waals surface area contributed by atoms with Crippen molar-refractivity contribution in [1.29, 1.82) is 0 Å². The van der Waals surface area contributed by atoms with E-state index in [-0.39, 0.29) is 12.5 Å². The van der Waals surface area contributed by atoms with E-state index in [1.807, 2.05) is 0 Å². The molecule has 1 aliphatic heterocycles. The Kier molecular flexibility index (Phi) is 5.01. The molecule has 2 rings (SSSR count). The van der Waals surface area contributed by atoms with E-state index in [0.29, 0.717) is 35.7 Å². The molecule has 1 N–H and O–H groups in total. The molecule has 0 aromatic carbocycles. The van der Waals surface area contributed by atoms with E-state index in [9.17, 15) is 9.59 Å². The van der Waals surface area contributed by atoms with Crippen LogP contribution in [0.3, 0.4) is 0 Å². The highest BCUT2D eigenvalue weighted by molar-refractivity contribution is 5.99. The number of aromatic amines is 1. The summed E-state index contributed by atoms with van der Waals surface area (Å²) in [5.41, 5.74) is 2.15. The van der Waals surface area contributed by atoms with Gasteiger partial charge in [-0.25, -0.2) is 9.59 Å². The Morgan fingerprint density at radius 2 is 1.95 bits per heavy atom. The van der Waals surface area contributed by atoms with Crippen LogP contribution in [-0.4, -0.2) is 43.9 Å². The molecular weight excluding hydrogens is 274 g/mol. The Bertz CT molecular complexity index is 528. The molecule has 0 amide bonds. The second-order valence-corrected chi connectivity index (χ2v) is 5.01. The Balaban J connectivity index is 2.49. The fourth-order valence-electron chi connectivity index (χ4n) is 2.77. The number of rotatable bonds is 4. The average molecular weight is 295 g/mol. The molecule has 2 heterocycles. The molecule has 0 saturated carbocycles. The summed E-state index contributed by atoms with van der Waals surface area (Å²) in [5.74, 6) is -0.768. The number of hydrogen-bond acceptors (Lipinski definition) is 5. The Morgan fingerprint density at radius 1 is 1.29 bits per heavy atom. The third kappa shape index (κ3) is 3.10. The normalized spacial score (nSPS) is 15.8. The van der Waals surface area contributed by atoms with Crippen molar-refractivity contribution in [2.24, 2.45) is 0 Å². The van der Waals surface area contributed by atoms with E-state index in [4.69, 9.17) is 14.2 Å². The van der Waals surface area contributed by atoms with Crippen molar-refractivity contribution in [2.45, 2.75) is 32.6 Å². The number of aryl methyl sites for hydroxylation is 1. The summed E-state index contributed by atoms with van der Waals surface area (Å²) in [7, 11) is 1.34. The first-order valence-electron chi connectivity index (χ1n) is 7.15. The van der Waals surface area contributed by atoms with E-state index in [1.54, 1.807) is 13.8 Å². The second kappa shape index (κ2) is 6.76. The number of H-pyrrole nitrogens is 1. The maximum atomic E-state index is 12.1. The third-order valence-corrected chi connectivity index (χ3v) is 3.72. The fraction of sp³-hybridized carbons (Fsp3) is 0.600. The van der Waals surface area contributed by atoms with Crippen molar-refractivity contribution in [3.63, 3.8) is 0 Å². The molecule has 116 valence electrons. The van der Waals surface area contributed by atoms with Gasteiger partial charge in [0, 0.05) is 24.5 Å². The number of carbonyl (C=O) groups is 2. The summed E-state index contributed by atoms with van der Waals surface area (Å²) in [6.07, 6.45) is 1.54. The van der Waals surface area contributed by atoms with Crippen LogP contribution in [0.4, 0.5) is 0 Å². The third-order valence-electron chi connectivity index (χ3n) is 3.72. The fourth-order valence-corrected chi connectivity index (χ4v) is 2.77. The van der Waals surface area contributed by atoms with Crippen LogP contribution < -0.4 is 0 Å². The zero-order valence-corrected chi connectivity index (χ0v) is 12.7. The quantitative estimate of drug-likeness (QED) is 0.861. The van der Waals surface area contributed by atoms with Crippen LogP contribution in [-0.2, 0) is 14.2 Å². The Morgan fingerprint density at radius 3 is 2.52 bits per heavy atom. The van der Waals surface area contributed by atoms with Crippen LogP contribution in [0, 0.1) is 6.92 Å². The van der Waals surface area contributed by atoms with Crippen LogP contribution in [0.2, 0.25) is 0 Å². The Hall–Kier alpha value is -1.82. The zero-order valence-electron chi connectivity index (χ0n) is 12.7. The summed E-state index contributed by atoms with van der Waals surface area (Å²) in [6.45, 7) is 5.05. The molecule has 0 aliphatic carbocycles. The number of ether oxygens (including phenoxy) is 3. The number of aromatic nitrogens is 1. The van der Waals surface area contributed by atoms with Gasteiger partial charge in [0.25, 0.3) is 0 Å². The van der Waals surface area contributed by atoms with Gasteiger partial charge >= 0.3 is 11.9 Å². The molecule has 0 spiro atoms. The van der Waals surface area contributed by atoms with Crippen LogP contribution in [0.15, 0.2) is 0 Å². The Labute approximate surface area is 123 Å². The number of hydrogen-bond donors (Lipinski definition) is 1. The van der Waals surface area contributed by atoms with Gasteiger partial charge in [0.05, 0.1) is 19.3 Å². The predicted molar refractivity (Wildman–Crippen MR) is 75.6 cm³/mol. The molecule has 0 radical (unpaired) electrons. The van der Waals surface area contributed by atoms with Gasteiger partial charge in [-0.15, -0.1) is 0 Å². The van der Waals surface area contributed by atoms with Crippen molar-refractivity contribution in [3.8, 4) is 0 Å². The summed E-state index contributed by atoms with van der Waals surface area (Å²) < 4.78 is 15.3. The highest BCUT2D eigenvalue weighted by Crippen LogP contribution is 2.34. The monoisotopic (exact) mass is 295 g/mol. The second-order valence-electron chi connectivity index (χ2n) is 5.01. The van der Waals surface area contributed by atoms with Crippen molar-refractivity contribution >= 4 is 11.9 Å². The van der Waals surface area contributed by atoms with Crippen molar-refractivity contribution in [3.05, 3.63) is 22.5 Å². The van der Waals surface area contributed by atoms with Gasteiger partial charge in [0.2, 0.25) is 0 Å². The number of esters is 2. The molecule has 1 aromatic heterocycles. The molecule has 1 aromatic rings. The molecule has 0 unspecified atom stereocenters. The van der Waals surface area contributed by atoms with Crippen LogP contribution >= 0.6 is 0 Å². The van der Waals surface area contributed by atoms with E-state index >= 15 is 0 Å². The molecule has 21 heavy (non-hydrogen) atoms. The number of carbonyl (C=O) groups excluding carboxylic acids is 2. The lowest BCUT2D eigenvalue weighted by molar-refractivity contribution is 0.0513. The van der Waals surface area contributed by atoms with Crippen molar-refractivity contribution in [1.82, 2.24) is 4.98 Å². The molecule has 6 heteroatoms. The topological polar surface area (TPSA) is 77.6 Å². The van der Waals surface area contributed by atoms with E-state index in [2.05, 4.69) is 4.98 Å². The molecule has 1 aliphatic rings. The molecule has 0 bridgehead atoms. The maximum Gasteiger partial charge on any atom is 0.355 e. The van der Waals surface area contributed by atoms with Crippen LogP contribution in [0.5, 0.6) is 0 Å². The highest BCUT2D eigenvalue weighted by Gasteiger charge is 2.31. The molecule has 6 nitrogen and oxygen atoms in total. The number of nitrogens with one attached hydrogen (secondary N) is 1. The first kappa shape index (κ1) is 15.6. The van der Waals surface area contributed by atoms with Crippen molar-refractivity contribution in [2.75, 3.05) is 26.9 Å². The van der Waals surface area contributed by atoms with Crippen molar-refractivity contribution < 1.29 is 23.8 Å². The minimum atomic E-state index is -0.433. The van der Waals surface area contributed by atoms with Gasteiger partial charge in [0.1, 0.15) is 5.69 Å². The van der Waals surface area contributed by atoms with Gasteiger partial charge in [-0.2, -0.15) is 0 Å². The van der Waals surface area contributed by atoms with Crippen LogP contribution in [0.1, 0.15) is 57.8 Å². The van der Waals surface area contributed by atoms with Gasteiger partial charge in [-0.1, -0.05) is 0 Å². The SMILES string of the molecule is CCOC(=O)c1[nH]c(C)c(C(=O)OC)c1C1CCOCC1. The summed E-state index contributed by atoms with van der Waals surface area (Å²) in [4.78, 5) is 27.2. The molecular formula is C15H21NO5. The minimum absolute atomic E-state index is 0.0946. The lowest BCUT2D eigenvalue weighted by Crippen LogP contribution is -2.19. The van der Waals surface area contributed by atoms with Gasteiger partial charge in [-0.05, 0) is 32.6 Å². The number of methoxy groups -OCH3 is 1. The minimum Gasteiger partial charge on any atom is -0.465 e. The standard InChI is InChI=1S/C15H21NO5/c1-4-21-15(18)13-12(10-5-7-20-8-6-10)11(9(2)16-13)14(17)19-3/h10,16H,4-8H2,1-3H3. The van der Waals surface area contributed by atoms with E-state index in [0.717, 1.165) is 12.8 Å². The molecule has 0 atom stereocenters. The summed E-state index contributed by atoms with van der Waals surface area (Å²) in [5, 5.41) is 0. The maximum absolute atomic E-state index is 12.1. The van der Waals surface area contributed by atoms with E-state index in [1.165, 1.54) is 7.11 Å². The smallest absolute Gasteiger partial charge is 0.355 e. The lowest BCUT2D eigenvalue weighted by Gasteiger charge is -2.23. The van der Waals surface area contributed by atoms with Gasteiger partial charge in [-0.3, -0.25) is 0 Å². The first-order chi connectivity index (χ1) is 10.1. The summed E-state index contributed by atoms with van der Waals surface area (Å²) >= 11 is 0. The first-order valence-corrected chi connectivity index (χ1v) is 7.15. The molecule has 1 fully saturated rings. The average Bonchev–Trinajstić information content (AvgIpc) is 2.85. The molecule has 1 saturated heterocycles. The highest BCUT2D eigenvalue weighted by atomic mass is 16.5. The van der Waals surface area contributed by atoms with Gasteiger partial charge < -0.3 is 19.2 Å². The zero-order chi connectivity index (χ0) is 15.4.